The van der Waals surface area contributed by atoms with Gasteiger partial charge in [-0.05, 0) is 25.5 Å². The molecule has 0 aliphatic rings. The van der Waals surface area contributed by atoms with Crippen LogP contribution in [0.1, 0.15) is 42.0 Å². The van der Waals surface area contributed by atoms with Crippen molar-refractivity contribution < 1.29 is 14.3 Å². The third-order valence-corrected chi connectivity index (χ3v) is 2.51. The molecular weight excluding hydrogens is 230 g/mol. The summed E-state index contributed by atoms with van der Waals surface area (Å²) in [5.74, 6) is 0.447. The van der Waals surface area contributed by atoms with Crippen molar-refractivity contribution >= 4 is 17.5 Å². The number of rotatable bonds is 5. The van der Waals surface area contributed by atoms with E-state index in [1.165, 1.54) is 0 Å². The van der Waals surface area contributed by atoms with E-state index in [2.05, 4.69) is 5.32 Å². The second-order valence-electron chi connectivity index (χ2n) is 3.58. The zero-order chi connectivity index (χ0) is 12.1. The Balaban J connectivity index is 2.65. The van der Waals surface area contributed by atoms with Gasteiger partial charge < -0.3 is 14.8 Å². The fraction of sp³-hybridized carbons (Fsp3) is 0.545. The van der Waals surface area contributed by atoms with Gasteiger partial charge in [0, 0.05) is 0 Å². The molecule has 4 nitrogen and oxygen atoms in total. The van der Waals surface area contributed by atoms with Gasteiger partial charge in [0.25, 0.3) is 5.91 Å². The van der Waals surface area contributed by atoms with Gasteiger partial charge >= 0.3 is 0 Å². The molecule has 2 unspecified atom stereocenters. The molecule has 0 bridgehead atoms. The zero-order valence-electron chi connectivity index (χ0n) is 9.37. The molecule has 1 amide bonds. The van der Waals surface area contributed by atoms with Crippen LogP contribution in [-0.2, 0) is 0 Å². The molecular formula is C11H16ClNO3. The van der Waals surface area contributed by atoms with Crippen LogP contribution in [0.4, 0.5) is 0 Å². The van der Waals surface area contributed by atoms with Crippen LogP contribution in [0.15, 0.2) is 16.5 Å². The lowest BCUT2D eigenvalue weighted by Crippen LogP contribution is -2.36. The van der Waals surface area contributed by atoms with Crippen molar-refractivity contribution in [1.29, 1.82) is 0 Å². The van der Waals surface area contributed by atoms with Gasteiger partial charge in [0.2, 0.25) is 0 Å². The maximum Gasteiger partial charge on any atom is 0.287 e. The van der Waals surface area contributed by atoms with Crippen LogP contribution in [0.2, 0.25) is 0 Å². The summed E-state index contributed by atoms with van der Waals surface area (Å²) >= 11 is 5.82. The van der Waals surface area contributed by atoms with Crippen molar-refractivity contribution in [3.63, 3.8) is 0 Å². The average Bonchev–Trinajstić information content (AvgIpc) is 2.74. The number of carbonyl (C=O) groups excluding carboxylic acids is 1. The van der Waals surface area contributed by atoms with Gasteiger partial charge in [-0.25, -0.2) is 0 Å². The molecule has 0 aliphatic carbocycles. The molecule has 2 atom stereocenters. The molecule has 0 saturated carbocycles. The lowest BCUT2D eigenvalue weighted by molar-refractivity contribution is 0.0885. The van der Waals surface area contributed by atoms with E-state index < -0.39 is 0 Å². The Labute approximate surface area is 99.6 Å². The largest absolute Gasteiger partial charge is 0.454 e. The van der Waals surface area contributed by atoms with Crippen LogP contribution in [0, 0.1) is 0 Å². The van der Waals surface area contributed by atoms with Gasteiger partial charge in [0.05, 0.1) is 18.0 Å². The highest BCUT2D eigenvalue weighted by molar-refractivity contribution is 6.20. The number of alkyl halides is 1. The SMILES string of the molecule is CCC(CO)NC(=O)c1ccc(C(C)Cl)o1. The van der Waals surface area contributed by atoms with Crippen molar-refractivity contribution in [2.45, 2.75) is 31.7 Å². The molecule has 0 aliphatic heterocycles. The normalized spacial score (nSPS) is 14.5. The molecule has 5 heteroatoms. The van der Waals surface area contributed by atoms with Crippen LogP contribution >= 0.6 is 11.6 Å². The first-order chi connectivity index (χ1) is 7.58. The molecule has 1 aromatic heterocycles. The summed E-state index contributed by atoms with van der Waals surface area (Å²) in [6.45, 7) is 3.57. The second kappa shape index (κ2) is 5.92. The number of carbonyl (C=O) groups is 1. The van der Waals surface area contributed by atoms with Crippen LogP contribution in [-0.4, -0.2) is 23.7 Å². The number of amides is 1. The minimum atomic E-state index is -0.329. The van der Waals surface area contributed by atoms with Crippen LogP contribution in [0.25, 0.3) is 0 Å². The molecule has 0 aromatic carbocycles. The Bertz CT molecular complexity index is 345. The zero-order valence-corrected chi connectivity index (χ0v) is 10.1. The molecule has 0 fully saturated rings. The van der Waals surface area contributed by atoms with Gasteiger partial charge in [-0.2, -0.15) is 0 Å². The van der Waals surface area contributed by atoms with E-state index in [9.17, 15) is 4.79 Å². The van der Waals surface area contributed by atoms with Crippen molar-refractivity contribution in [3.05, 3.63) is 23.7 Å². The van der Waals surface area contributed by atoms with Crippen LogP contribution in [0.5, 0.6) is 0 Å². The molecule has 0 spiro atoms. The van der Waals surface area contributed by atoms with E-state index in [1.54, 1.807) is 19.1 Å². The van der Waals surface area contributed by atoms with Crippen LogP contribution in [0.3, 0.4) is 0 Å². The molecule has 1 rings (SSSR count). The number of nitrogens with one attached hydrogen (secondary N) is 1. The molecule has 16 heavy (non-hydrogen) atoms. The van der Waals surface area contributed by atoms with E-state index in [1.807, 2.05) is 6.92 Å². The predicted octanol–water partition coefficient (Wildman–Crippen LogP) is 2.08. The first-order valence-electron chi connectivity index (χ1n) is 5.24. The summed E-state index contributed by atoms with van der Waals surface area (Å²) in [5, 5.41) is 11.3. The molecule has 1 aromatic rings. The molecule has 0 radical (unpaired) electrons. The maximum atomic E-state index is 11.6. The quantitative estimate of drug-likeness (QED) is 0.781. The first-order valence-corrected chi connectivity index (χ1v) is 5.67. The Morgan fingerprint density at radius 2 is 2.31 bits per heavy atom. The van der Waals surface area contributed by atoms with Crippen molar-refractivity contribution in [3.8, 4) is 0 Å². The van der Waals surface area contributed by atoms with Gasteiger partial charge in [-0.15, -0.1) is 11.6 Å². The third-order valence-electron chi connectivity index (χ3n) is 2.29. The molecule has 0 saturated heterocycles. The number of hydrogen-bond donors (Lipinski definition) is 2. The molecule has 2 N–H and O–H groups in total. The minimum absolute atomic E-state index is 0.0816. The Morgan fingerprint density at radius 3 is 2.75 bits per heavy atom. The summed E-state index contributed by atoms with van der Waals surface area (Å²) < 4.78 is 5.27. The highest BCUT2D eigenvalue weighted by Crippen LogP contribution is 2.21. The van der Waals surface area contributed by atoms with E-state index in [-0.39, 0.29) is 29.7 Å². The Kier molecular flexibility index (Phi) is 4.83. The van der Waals surface area contributed by atoms with Crippen molar-refractivity contribution in [1.82, 2.24) is 5.32 Å². The highest BCUT2D eigenvalue weighted by atomic mass is 35.5. The standard InChI is InChI=1S/C11H16ClNO3/c1-3-8(6-14)13-11(15)10-5-4-9(16-10)7(2)12/h4-5,7-8,14H,3,6H2,1-2H3,(H,13,15). The van der Waals surface area contributed by atoms with E-state index in [4.69, 9.17) is 21.1 Å². The first kappa shape index (κ1) is 13.1. The fourth-order valence-electron chi connectivity index (χ4n) is 1.22. The van der Waals surface area contributed by atoms with Crippen LogP contribution < -0.4 is 5.32 Å². The van der Waals surface area contributed by atoms with Gasteiger partial charge in [0.1, 0.15) is 5.76 Å². The number of aliphatic hydroxyl groups is 1. The number of halogens is 1. The average molecular weight is 246 g/mol. The summed E-state index contributed by atoms with van der Waals surface area (Å²) in [6, 6.07) is 3.01. The molecule has 90 valence electrons. The highest BCUT2D eigenvalue weighted by Gasteiger charge is 2.16. The predicted molar refractivity (Wildman–Crippen MR) is 61.6 cm³/mol. The Hall–Kier alpha value is -1.00. The maximum absolute atomic E-state index is 11.6. The lowest BCUT2D eigenvalue weighted by Gasteiger charge is -2.12. The second-order valence-corrected chi connectivity index (χ2v) is 4.23. The van der Waals surface area contributed by atoms with Gasteiger partial charge in [0.15, 0.2) is 5.76 Å². The summed E-state index contributed by atoms with van der Waals surface area (Å²) in [6.07, 6.45) is 0.668. The fourth-order valence-corrected chi connectivity index (χ4v) is 1.34. The summed E-state index contributed by atoms with van der Waals surface area (Å²) in [4.78, 5) is 11.6. The number of hydrogen-bond acceptors (Lipinski definition) is 3. The van der Waals surface area contributed by atoms with E-state index in [0.717, 1.165) is 0 Å². The monoisotopic (exact) mass is 245 g/mol. The van der Waals surface area contributed by atoms with Crippen molar-refractivity contribution in [2.75, 3.05) is 6.61 Å². The van der Waals surface area contributed by atoms with Crippen molar-refractivity contribution in [2.24, 2.45) is 0 Å². The summed E-state index contributed by atoms with van der Waals surface area (Å²) in [7, 11) is 0. The lowest BCUT2D eigenvalue weighted by atomic mass is 10.2. The minimum Gasteiger partial charge on any atom is -0.454 e. The number of aliphatic hydroxyl groups excluding tert-OH is 1. The smallest absolute Gasteiger partial charge is 0.287 e. The van der Waals surface area contributed by atoms with E-state index >= 15 is 0 Å². The molecule has 1 heterocycles. The topological polar surface area (TPSA) is 62.5 Å². The van der Waals surface area contributed by atoms with Gasteiger partial charge in [-0.3, -0.25) is 4.79 Å². The summed E-state index contributed by atoms with van der Waals surface area (Å²) in [5.41, 5.74) is 0. The van der Waals surface area contributed by atoms with Gasteiger partial charge in [-0.1, -0.05) is 6.92 Å². The Morgan fingerprint density at radius 1 is 1.62 bits per heavy atom. The van der Waals surface area contributed by atoms with E-state index in [0.29, 0.717) is 12.2 Å². The third kappa shape index (κ3) is 3.25. The number of furan rings is 1.